The third-order valence-electron chi connectivity index (χ3n) is 3.89. The van der Waals surface area contributed by atoms with E-state index < -0.39 is 0 Å². The molecule has 1 aliphatic rings. The van der Waals surface area contributed by atoms with Crippen molar-refractivity contribution in [2.24, 2.45) is 0 Å². The average Bonchev–Trinajstić information content (AvgIpc) is 2.98. The molecule has 0 unspecified atom stereocenters. The van der Waals surface area contributed by atoms with E-state index in [0.29, 0.717) is 23.4 Å². The molecule has 6 nitrogen and oxygen atoms in total. The lowest BCUT2D eigenvalue weighted by atomic mass is 9.94. The molecule has 1 aromatic heterocycles. The molecule has 7 heteroatoms. The first-order chi connectivity index (χ1) is 11.1. The van der Waals surface area contributed by atoms with Gasteiger partial charge in [-0.25, -0.2) is 5.10 Å². The van der Waals surface area contributed by atoms with Crippen LogP contribution in [0.1, 0.15) is 26.6 Å². The first kappa shape index (κ1) is 13.8. The van der Waals surface area contributed by atoms with Crippen LogP contribution in [0.3, 0.4) is 0 Å². The Morgan fingerprint density at radius 1 is 1.09 bits per heavy atom. The van der Waals surface area contributed by atoms with E-state index in [1.165, 1.54) is 4.90 Å². The number of H-pyrrole nitrogens is 1. The number of hydrogen-bond acceptors (Lipinski definition) is 5. The monoisotopic (exact) mass is 325 g/mol. The highest BCUT2D eigenvalue weighted by atomic mass is 32.1. The zero-order valence-corrected chi connectivity index (χ0v) is 12.7. The fourth-order valence-electron chi connectivity index (χ4n) is 2.86. The van der Waals surface area contributed by atoms with E-state index in [9.17, 15) is 9.59 Å². The molecule has 2 amide bonds. The lowest BCUT2D eigenvalue weighted by Gasteiger charge is -2.26. The van der Waals surface area contributed by atoms with E-state index >= 15 is 0 Å². The Hall–Kier alpha value is -2.80. The van der Waals surface area contributed by atoms with E-state index in [-0.39, 0.29) is 23.2 Å². The van der Waals surface area contributed by atoms with Gasteiger partial charge in [0, 0.05) is 29.5 Å². The minimum atomic E-state index is -0.298. The molecule has 0 radical (unpaired) electrons. The molecular formula is C16H11N3O3S. The van der Waals surface area contributed by atoms with Crippen LogP contribution in [-0.4, -0.2) is 33.5 Å². The van der Waals surface area contributed by atoms with Crippen LogP contribution < -0.4 is 0 Å². The number of nitrogens with one attached hydrogen (secondary N) is 1. The Balaban J connectivity index is 1.72. The molecule has 0 spiro atoms. The number of carbonyl (C=O) groups is 2. The van der Waals surface area contributed by atoms with Crippen LogP contribution in [0.25, 0.3) is 10.8 Å². The predicted octanol–water partition coefficient (Wildman–Crippen LogP) is 2.72. The van der Waals surface area contributed by atoms with Crippen molar-refractivity contribution in [1.29, 1.82) is 0 Å². The number of imide groups is 1. The molecule has 3 aromatic rings. The van der Waals surface area contributed by atoms with Crippen molar-refractivity contribution < 1.29 is 14.0 Å². The summed E-state index contributed by atoms with van der Waals surface area (Å²) in [5, 5.41) is 8.02. The second kappa shape index (κ2) is 5.13. The van der Waals surface area contributed by atoms with Crippen molar-refractivity contribution in [2.75, 3.05) is 6.54 Å². The van der Waals surface area contributed by atoms with Gasteiger partial charge in [0.15, 0.2) is 0 Å². The number of aromatic amines is 1. The van der Waals surface area contributed by atoms with Crippen molar-refractivity contribution in [3.05, 3.63) is 58.3 Å². The van der Waals surface area contributed by atoms with Gasteiger partial charge in [-0.1, -0.05) is 24.3 Å². The van der Waals surface area contributed by atoms with Gasteiger partial charge in [0.1, 0.15) is 0 Å². The molecule has 0 atom stereocenters. The molecule has 114 valence electrons. The first-order valence-corrected chi connectivity index (χ1v) is 7.48. The highest BCUT2D eigenvalue weighted by molar-refractivity contribution is 7.71. The van der Waals surface area contributed by atoms with Crippen LogP contribution in [0.5, 0.6) is 0 Å². The molecule has 4 rings (SSSR count). The minimum absolute atomic E-state index is 0.173. The van der Waals surface area contributed by atoms with Gasteiger partial charge in [0.05, 0.1) is 0 Å². The summed E-state index contributed by atoms with van der Waals surface area (Å²) in [5.41, 5.74) is 1.08. The van der Waals surface area contributed by atoms with Gasteiger partial charge in [-0.2, -0.15) is 0 Å². The number of rotatable bonds is 3. The maximum atomic E-state index is 12.7. The van der Waals surface area contributed by atoms with Crippen LogP contribution >= 0.6 is 12.2 Å². The molecule has 2 heterocycles. The van der Waals surface area contributed by atoms with E-state index in [1.54, 1.807) is 12.1 Å². The van der Waals surface area contributed by atoms with E-state index in [1.807, 2.05) is 24.3 Å². The largest absolute Gasteiger partial charge is 0.414 e. The standard InChI is InChI=1S/C16H11N3O3S/c20-14-10-5-1-3-9-4-2-6-11(13(9)10)15(21)19(14)8-7-12-17-18-16(23)22-12/h1-6H,7-8H2,(H,18,23). The van der Waals surface area contributed by atoms with E-state index in [0.717, 1.165) is 10.8 Å². The van der Waals surface area contributed by atoms with E-state index in [4.69, 9.17) is 16.6 Å². The van der Waals surface area contributed by atoms with Gasteiger partial charge in [-0.15, -0.1) is 5.10 Å². The van der Waals surface area contributed by atoms with Gasteiger partial charge in [-0.3, -0.25) is 14.5 Å². The molecule has 23 heavy (non-hydrogen) atoms. The summed E-state index contributed by atoms with van der Waals surface area (Å²) in [6.07, 6.45) is 0.308. The predicted molar refractivity (Wildman–Crippen MR) is 84.7 cm³/mol. The summed E-state index contributed by atoms with van der Waals surface area (Å²) < 4.78 is 5.17. The molecule has 0 bridgehead atoms. The highest BCUT2D eigenvalue weighted by Gasteiger charge is 2.32. The average molecular weight is 325 g/mol. The third-order valence-corrected chi connectivity index (χ3v) is 4.06. The van der Waals surface area contributed by atoms with Crippen molar-refractivity contribution in [3.63, 3.8) is 0 Å². The normalized spacial score (nSPS) is 13.8. The molecule has 1 N–H and O–H groups in total. The quantitative estimate of drug-likeness (QED) is 0.592. The van der Waals surface area contributed by atoms with E-state index in [2.05, 4.69) is 10.2 Å². The van der Waals surface area contributed by atoms with Gasteiger partial charge >= 0.3 is 0 Å². The smallest absolute Gasteiger partial charge is 0.284 e. The number of carbonyl (C=O) groups excluding carboxylic acids is 2. The zero-order valence-electron chi connectivity index (χ0n) is 11.9. The van der Waals surface area contributed by atoms with Crippen LogP contribution in [0.15, 0.2) is 40.8 Å². The molecular weight excluding hydrogens is 314 g/mol. The second-order valence-electron chi connectivity index (χ2n) is 5.23. The Bertz CT molecular complexity index is 954. The maximum Gasteiger partial charge on any atom is 0.284 e. The molecule has 1 aliphatic heterocycles. The Labute approximate surface area is 135 Å². The number of amides is 2. The summed E-state index contributed by atoms with van der Waals surface area (Å²) in [5.74, 6) is -0.227. The third kappa shape index (κ3) is 2.17. The van der Waals surface area contributed by atoms with Crippen molar-refractivity contribution in [1.82, 2.24) is 15.1 Å². The SMILES string of the molecule is O=C1c2cccc3cccc(c23)C(=O)N1CCc1n[nH]c(=S)o1. The topological polar surface area (TPSA) is 79.2 Å². The number of hydrogen-bond donors (Lipinski definition) is 1. The number of nitrogens with zero attached hydrogens (tertiary/aromatic N) is 2. The summed E-state index contributed by atoms with van der Waals surface area (Å²) >= 11 is 4.81. The fourth-order valence-corrected chi connectivity index (χ4v) is 3.00. The molecule has 0 saturated heterocycles. The Morgan fingerprint density at radius 3 is 2.30 bits per heavy atom. The Morgan fingerprint density at radius 2 is 1.74 bits per heavy atom. The lowest BCUT2D eigenvalue weighted by Crippen LogP contribution is -2.41. The highest BCUT2D eigenvalue weighted by Crippen LogP contribution is 2.29. The maximum absolute atomic E-state index is 12.7. The van der Waals surface area contributed by atoms with Gasteiger partial charge < -0.3 is 4.42 Å². The van der Waals surface area contributed by atoms with Gasteiger partial charge in [-0.05, 0) is 29.7 Å². The van der Waals surface area contributed by atoms with Crippen molar-refractivity contribution in [3.8, 4) is 0 Å². The molecule has 0 fully saturated rings. The summed E-state index contributed by atoms with van der Waals surface area (Å²) in [6.45, 7) is 0.186. The first-order valence-electron chi connectivity index (χ1n) is 7.07. The summed E-state index contributed by atoms with van der Waals surface area (Å²) in [4.78, 5) is 26.7. The van der Waals surface area contributed by atoms with Gasteiger partial charge in [0.2, 0.25) is 5.89 Å². The minimum Gasteiger partial charge on any atom is -0.414 e. The number of aromatic nitrogens is 2. The van der Waals surface area contributed by atoms with Crippen LogP contribution in [0.4, 0.5) is 0 Å². The van der Waals surface area contributed by atoms with Crippen LogP contribution in [0, 0.1) is 4.84 Å². The fraction of sp³-hybridized carbons (Fsp3) is 0.125. The molecule has 0 aliphatic carbocycles. The number of benzene rings is 2. The molecule has 0 saturated carbocycles. The molecule has 2 aromatic carbocycles. The second-order valence-corrected chi connectivity index (χ2v) is 5.60. The summed E-state index contributed by atoms with van der Waals surface area (Å²) in [6, 6.07) is 10.9. The summed E-state index contributed by atoms with van der Waals surface area (Å²) in [7, 11) is 0. The van der Waals surface area contributed by atoms with Crippen molar-refractivity contribution >= 4 is 34.8 Å². The zero-order chi connectivity index (χ0) is 16.0. The van der Waals surface area contributed by atoms with Crippen LogP contribution in [0.2, 0.25) is 0 Å². The van der Waals surface area contributed by atoms with Gasteiger partial charge in [0.25, 0.3) is 16.7 Å². The van der Waals surface area contributed by atoms with Crippen LogP contribution in [-0.2, 0) is 6.42 Å². The Kier molecular flexibility index (Phi) is 3.09. The lowest BCUT2D eigenvalue weighted by molar-refractivity contribution is 0.0610. The van der Waals surface area contributed by atoms with Crippen molar-refractivity contribution in [2.45, 2.75) is 6.42 Å².